The molecule has 9 heteroatoms. The summed E-state index contributed by atoms with van der Waals surface area (Å²) in [7, 11) is 0. The Balaban J connectivity index is 2.62. The molecule has 1 heterocycles. The minimum Gasteiger partial charge on any atom is -0.480 e. The van der Waals surface area contributed by atoms with Crippen LogP contribution in [0.5, 0.6) is 0 Å². The van der Waals surface area contributed by atoms with Gasteiger partial charge in [0.15, 0.2) is 0 Å². The van der Waals surface area contributed by atoms with Crippen molar-refractivity contribution >= 4 is 11.9 Å². The van der Waals surface area contributed by atoms with E-state index in [4.69, 9.17) is 9.84 Å². The van der Waals surface area contributed by atoms with Crippen molar-refractivity contribution in [2.24, 2.45) is 0 Å². The number of halogens is 3. The number of carboxylic acids is 1. The maximum atomic E-state index is 12.7. The molecule has 1 aliphatic heterocycles. The van der Waals surface area contributed by atoms with Crippen LogP contribution in [0.4, 0.5) is 13.2 Å². The van der Waals surface area contributed by atoms with Crippen molar-refractivity contribution in [2.75, 3.05) is 32.8 Å². The topological polar surface area (TPSA) is 78.9 Å². The molecule has 0 aliphatic carbocycles. The van der Waals surface area contributed by atoms with Gasteiger partial charge in [-0.2, -0.15) is 13.2 Å². The first kappa shape index (κ1) is 15.7. The van der Waals surface area contributed by atoms with E-state index in [9.17, 15) is 22.8 Å². The molecule has 1 saturated heterocycles. The molecule has 0 radical (unpaired) electrons. The lowest BCUT2D eigenvalue weighted by molar-refractivity contribution is -0.205. The molecule has 0 bridgehead atoms. The van der Waals surface area contributed by atoms with E-state index in [1.54, 1.807) is 5.32 Å². The third kappa shape index (κ3) is 3.57. The molecule has 0 spiro atoms. The van der Waals surface area contributed by atoms with E-state index in [-0.39, 0.29) is 13.1 Å². The highest BCUT2D eigenvalue weighted by atomic mass is 19.4. The quantitative estimate of drug-likeness (QED) is 0.750. The first-order chi connectivity index (χ1) is 8.68. The van der Waals surface area contributed by atoms with Gasteiger partial charge in [0.2, 0.25) is 11.4 Å². The van der Waals surface area contributed by atoms with E-state index in [1.807, 2.05) is 0 Å². The number of morpholine rings is 1. The molecule has 0 aromatic heterocycles. The number of amides is 1. The van der Waals surface area contributed by atoms with E-state index >= 15 is 0 Å². The van der Waals surface area contributed by atoms with Crippen molar-refractivity contribution in [1.29, 1.82) is 0 Å². The van der Waals surface area contributed by atoms with Crippen LogP contribution in [0.2, 0.25) is 0 Å². The average Bonchev–Trinajstić information content (AvgIpc) is 2.34. The van der Waals surface area contributed by atoms with Crippen molar-refractivity contribution in [3.63, 3.8) is 0 Å². The van der Waals surface area contributed by atoms with Crippen molar-refractivity contribution < 1.29 is 32.6 Å². The number of alkyl halides is 3. The Morgan fingerprint density at radius 2 is 1.84 bits per heavy atom. The highest BCUT2D eigenvalue weighted by Gasteiger charge is 2.57. The van der Waals surface area contributed by atoms with Crippen LogP contribution >= 0.6 is 0 Å². The Hall–Kier alpha value is -1.35. The number of hydrogen-bond donors (Lipinski definition) is 2. The Labute approximate surface area is 107 Å². The summed E-state index contributed by atoms with van der Waals surface area (Å²) in [4.78, 5) is 23.7. The second-order valence-corrected chi connectivity index (χ2v) is 4.27. The van der Waals surface area contributed by atoms with Crippen LogP contribution in [0.1, 0.15) is 6.92 Å². The van der Waals surface area contributed by atoms with Gasteiger partial charge in [0.25, 0.3) is 0 Å². The van der Waals surface area contributed by atoms with Crippen LogP contribution in [-0.2, 0) is 14.3 Å². The van der Waals surface area contributed by atoms with E-state index in [0.29, 0.717) is 20.1 Å². The summed E-state index contributed by atoms with van der Waals surface area (Å²) in [5, 5.41) is 10.4. The van der Waals surface area contributed by atoms with Gasteiger partial charge in [-0.25, -0.2) is 4.79 Å². The fraction of sp³-hybridized carbons (Fsp3) is 0.800. The van der Waals surface area contributed by atoms with Crippen molar-refractivity contribution in [1.82, 2.24) is 10.2 Å². The Morgan fingerprint density at radius 3 is 2.26 bits per heavy atom. The lowest BCUT2D eigenvalue weighted by Crippen LogP contribution is -2.62. The summed E-state index contributed by atoms with van der Waals surface area (Å²) in [6, 6.07) is 0. The van der Waals surface area contributed by atoms with Gasteiger partial charge in [-0.05, 0) is 6.92 Å². The maximum absolute atomic E-state index is 12.7. The van der Waals surface area contributed by atoms with Gasteiger partial charge in [-0.15, -0.1) is 0 Å². The third-order valence-corrected chi connectivity index (χ3v) is 2.95. The van der Waals surface area contributed by atoms with Crippen molar-refractivity contribution in [3.8, 4) is 0 Å². The highest BCUT2D eigenvalue weighted by Crippen LogP contribution is 2.30. The molecule has 110 valence electrons. The standard InChI is InChI=1S/C10H15F3N2O4/c1-9(8(17)18,10(11,12)13)14-6-7(16)15-2-4-19-5-3-15/h14H,2-6H2,1H3,(H,17,18). The lowest BCUT2D eigenvalue weighted by Gasteiger charge is -2.31. The first-order valence-electron chi connectivity index (χ1n) is 5.59. The molecule has 1 fully saturated rings. The molecule has 0 saturated carbocycles. The molecule has 0 aromatic rings. The number of carboxylic acid groups (broad SMARTS) is 1. The predicted octanol–water partition coefficient (Wildman–Crippen LogP) is -0.160. The zero-order chi connectivity index (χ0) is 14.7. The lowest BCUT2D eigenvalue weighted by atomic mass is 10.0. The number of ether oxygens (including phenoxy) is 1. The SMILES string of the molecule is CC(NCC(=O)N1CCOCC1)(C(=O)O)C(F)(F)F. The van der Waals surface area contributed by atoms with Crippen molar-refractivity contribution in [3.05, 3.63) is 0 Å². The Bertz CT molecular complexity index is 355. The molecule has 6 nitrogen and oxygen atoms in total. The molecule has 1 aliphatic rings. The van der Waals surface area contributed by atoms with Crippen LogP contribution in [0, 0.1) is 0 Å². The Kier molecular flexibility index (Phi) is 4.75. The molecular weight excluding hydrogens is 269 g/mol. The number of aliphatic carboxylic acids is 1. The molecule has 2 N–H and O–H groups in total. The number of nitrogens with zero attached hydrogens (tertiary/aromatic N) is 1. The molecule has 1 unspecified atom stereocenters. The van der Waals surface area contributed by atoms with Gasteiger partial charge in [-0.3, -0.25) is 10.1 Å². The number of rotatable bonds is 4. The highest BCUT2D eigenvalue weighted by molar-refractivity contribution is 5.82. The second kappa shape index (κ2) is 5.74. The zero-order valence-electron chi connectivity index (χ0n) is 10.3. The van der Waals surface area contributed by atoms with E-state index in [1.165, 1.54) is 4.90 Å². The van der Waals surface area contributed by atoms with Crippen LogP contribution in [0.25, 0.3) is 0 Å². The fourth-order valence-electron chi connectivity index (χ4n) is 1.47. The summed E-state index contributed by atoms with van der Waals surface area (Å²) in [5.74, 6) is -2.66. The molecular formula is C10H15F3N2O4. The smallest absolute Gasteiger partial charge is 0.417 e. The summed E-state index contributed by atoms with van der Waals surface area (Å²) in [6.07, 6.45) is -5.00. The summed E-state index contributed by atoms with van der Waals surface area (Å²) >= 11 is 0. The van der Waals surface area contributed by atoms with Gasteiger partial charge in [0, 0.05) is 13.1 Å². The zero-order valence-corrected chi connectivity index (χ0v) is 10.3. The molecule has 1 rings (SSSR count). The average molecular weight is 284 g/mol. The molecule has 19 heavy (non-hydrogen) atoms. The van der Waals surface area contributed by atoms with Gasteiger partial charge in [0.1, 0.15) is 0 Å². The summed E-state index contributed by atoms with van der Waals surface area (Å²) < 4.78 is 43.0. The number of carbonyl (C=O) groups excluding carboxylic acids is 1. The Morgan fingerprint density at radius 1 is 1.32 bits per heavy atom. The van der Waals surface area contributed by atoms with E-state index in [0.717, 1.165) is 0 Å². The predicted molar refractivity (Wildman–Crippen MR) is 57.5 cm³/mol. The minimum absolute atomic E-state index is 0.288. The third-order valence-electron chi connectivity index (χ3n) is 2.95. The summed E-state index contributed by atoms with van der Waals surface area (Å²) in [5.41, 5.74) is -3.14. The summed E-state index contributed by atoms with van der Waals surface area (Å²) in [6.45, 7) is 1.01. The fourth-order valence-corrected chi connectivity index (χ4v) is 1.47. The minimum atomic E-state index is -5.00. The number of carbonyl (C=O) groups is 2. The molecule has 1 atom stereocenters. The van der Waals surface area contributed by atoms with Crippen LogP contribution in [0.3, 0.4) is 0 Å². The van der Waals surface area contributed by atoms with Crippen molar-refractivity contribution in [2.45, 2.75) is 18.6 Å². The monoisotopic (exact) mass is 284 g/mol. The van der Waals surface area contributed by atoms with E-state index in [2.05, 4.69) is 0 Å². The van der Waals surface area contributed by atoms with Gasteiger partial charge in [-0.1, -0.05) is 0 Å². The number of nitrogens with one attached hydrogen (secondary N) is 1. The number of hydrogen-bond acceptors (Lipinski definition) is 4. The largest absolute Gasteiger partial charge is 0.480 e. The molecule has 1 amide bonds. The normalized spacial score (nSPS) is 19.9. The van der Waals surface area contributed by atoms with Gasteiger partial charge < -0.3 is 14.7 Å². The molecule has 0 aromatic carbocycles. The van der Waals surface area contributed by atoms with Crippen LogP contribution < -0.4 is 5.32 Å². The van der Waals surface area contributed by atoms with Gasteiger partial charge in [0.05, 0.1) is 19.8 Å². The van der Waals surface area contributed by atoms with E-state index < -0.39 is 30.1 Å². The van der Waals surface area contributed by atoms with Gasteiger partial charge >= 0.3 is 12.1 Å². The van der Waals surface area contributed by atoms with Crippen LogP contribution in [-0.4, -0.2) is 66.4 Å². The van der Waals surface area contributed by atoms with Crippen LogP contribution in [0.15, 0.2) is 0 Å². The second-order valence-electron chi connectivity index (χ2n) is 4.27. The maximum Gasteiger partial charge on any atom is 0.417 e. The first-order valence-corrected chi connectivity index (χ1v) is 5.59.